The number of amides is 2. The maximum absolute atomic E-state index is 12.4. The summed E-state index contributed by atoms with van der Waals surface area (Å²) in [7, 11) is 0. The van der Waals surface area contributed by atoms with Crippen LogP contribution in [-0.4, -0.2) is 30.2 Å². The molecule has 0 saturated carbocycles. The molecule has 1 aromatic carbocycles. The molecule has 0 bridgehead atoms. The monoisotopic (exact) mass is 376 g/mol. The third kappa shape index (κ3) is 6.55. The fourth-order valence-electron chi connectivity index (χ4n) is 2.26. The van der Waals surface area contributed by atoms with Crippen LogP contribution in [0.25, 0.3) is 0 Å². The second kappa shape index (κ2) is 10.3. The summed E-state index contributed by atoms with van der Waals surface area (Å²) in [6.45, 7) is 4.48. The quantitative estimate of drug-likeness (QED) is 0.517. The molecule has 1 heterocycles. The Bertz CT molecular complexity index is 657. The Labute approximate surface area is 157 Å². The zero-order valence-corrected chi connectivity index (χ0v) is 16.2. The Morgan fingerprint density at radius 1 is 1.12 bits per heavy atom. The number of benzene rings is 1. The van der Waals surface area contributed by atoms with Crippen molar-refractivity contribution < 1.29 is 9.59 Å². The average Bonchev–Trinajstić information content (AvgIpc) is 3.14. The number of nitrogens with one attached hydrogen (secondary N) is 2. The van der Waals surface area contributed by atoms with E-state index in [4.69, 9.17) is 0 Å². The summed E-state index contributed by atoms with van der Waals surface area (Å²) in [6.07, 6.45) is 0.884. The second-order valence-electron chi connectivity index (χ2n) is 5.98. The molecular formula is C19H24N2O2S2. The van der Waals surface area contributed by atoms with Crippen LogP contribution in [0, 0.1) is 5.92 Å². The van der Waals surface area contributed by atoms with Crippen LogP contribution in [0.15, 0.2) is 52.7 Å². The standard InChI is InChI=1S/C19H24N2O2S2/c1-14(2)17(21-18(22)16-10-6-12-25-16)19(23)20-11-7-13-24-15-8-4-3-5-9-15/h3-6,8-10,12,14,17H,7,11,13H2,1-2H3,(H,20,23)(H,21,22). The number of rotatable bonds is 9. The van der Waals surface area contributed by atoms with E-state index in [9.17, 15) is 9.59 Å². The van der Waals surface area contributed by atoms with E-state index in [0.29, 0.717) is 11.4 Å². The number of thiophene rings is 1. The molecule has 2 amide bonds. The first-order valence-corrected chi connectivity index (χ1v) is 10.2. The lowest BCUT2D eigenvalue weighted by Crippen LogP contribution is -2.49. The van der Waals surface area contributed by atoms with Gasteiger partial charge in [-0.1, -0.05) is 38.1 Å². The van der Waals surface area contributed by atoms with Gasteiger partial charge < -0.3 is 10.6 Å². The van der Waals surface area contributed by atoms with E-state index >= 15 is 0 Å². The lowest BCUT2D eigenvalue weighted by atomic mass is 10.0. The number of thioether (sulfide) groups is 1. The van der Waals surface area contributed by atoms with Crippen molar-refractivity contribution in [1.82, 2.24) is 10.6 Å². The number of carbonyl (C=O) groups is 2. The van der Waals surface area contributed by atoms with E-state index in [0.717, 1.165) is 12.2 Å². The van der Waals surface area contributed by atoms with Crippen LogP contribution >= 0.6 is 23.1 Å². The molecule has 0 aliphatic heterocycles. The predicted octanol–water partition coefficient (Wildman–Crippen LogP) is 3.80. The van der Waals surface area contributed by atoms with E-state index < -0.39 is 6.04 Å². The molecule has 1 aromatic heterocycles. The summed E-state index contributed by atoms with van der Waals surface area (Å²) >= 11 is 3.15. The molecular weight excluding hydrogens is 352 g/mol. The van der Waals surface area contributed by atoms with Gasteiger partial charge in [0, 0.05) is 11.4 Å². The van der Waals surface area contributed by atoms with Crippen LogP contribution < -0.4 is 10.6 Å². The first-order valence-electron chi connectivity index (χ1n) is 8.38. The molecule has 0 saturated heterocycles. The van der Waals surface area contributed by atoms with Crippen molar-refractivity contribution in [2.75, 3.05) is 12.3 Å². The Morgan fingerprint density at radius 3 is 2.52 bits per heavy atom. The Hall–Kier alpha value is -1.79. The average molecular weight is 377 g/mol. The largest absolute Gasteiger partial charge is 0.354 e. The van der Waals surface area contributed by atoms with Crippen molar-refractivity contribution in [1.29, 1.82) is 0 Å². The van der Waals surface area contributed by atoms with Crippen molar-refractivity contribution in [3.05, 3.63) is 52.7 Å². The summed E-state index contributed by atoms with van der Waals surface area (Å²) in [5.41, 5.74) is 0. The second-order valence-corrected chi connectivity index (χ2v) is 8.09. The van der Waals surface area contributed by atoms with E-state index in [1.807, 2.05) is 43.5 Å². The molecule has 0 aliphatic rings. The SMILES string of the molecule is CC(C)C(NC(=O)c1cccs1)C(=O)NCCCSc1ccccc1. The van der Waals surface area contributed by atoms with Crippen LogP contribution in [0.3, 0.4) is 0 Å². The highest BCUT2D eigenvalue weighted by molar-refractivity contribution is 7.99. The normalized spacial score (nSPS) is 12.0. The molecule has 0 spiro atoms. The summed E-state index contributed by atoms with van der Waals surface area (Å²) in [5.74, 6) is 0.661. The minimum absolute atomic E-state index is 0.0302. The van der Waals surface area contributed by atoms with Crippen molar-refractivity contribution in [2.45, 2.75) is 31.2 Å². The molecule has 2 rings (SSSR count). The van der Waals surface area contributed by atoms with Gasteiger partial charge >= 0.3 is 0 Å². The molecule has 25 heavy (non-hydrogen) atoms. The smallest absolute Gasteiger partial charge is 0.262 e. The minimum atomic E-state index is -0.517. The van der Waals surface area contributed by atoms with E-state index in [-0.39, 0.29) is 17.7 Å². The summed E-state index contributed by atoms with van der Waals surface area (Å²) in [5, 5.41) is 7.63. The highest BCUT2D eigenvalue weighted by Gasteiger charge is 2.24. The van der Waals surface area contributed by atoms with Gasteiger partial charge in [0.2, 0.25) is 5.91 Å². The molecule has 4 nitrogen and oxygen atoms in total. The molecule has 6 heteroatoms. The maximum Gasteiger partial charge on any atom is 0.262 e. The zero-order valence-electron chi connectivity index (χ0n) is 14.5. The number of carbonyl (C=O) groups excluding carboxylic acids is 2. The van der Waals surface area contributed by atoms with Crippen molar-refractivity contribution in [2.24, 2.45) is 5.92 Å². The third-order valence-electron chi connectivity index (χ3n) is 3.61. The van der Waals surface area contributed by atoms with Gasteiger partial charge in [0.15, 0.2) is 0 Å². The van der Waals surface area contributed by atoms with Crippen LogP contribution in [0.4, 0.5) is 0 Å². The van der Waals surface area contributed by atoms with Gasteiger partial charge in [-0.3, -0.25) is 9.59 Å². The molecule has 0 fully saturated rings. The highest BCUT2D eigenvalue weighted by atomic mass is 32.2. The molecule has 134 valence electrons. The van der Waals surface area contributed by atoms with Gasteiger partial charge in [-0.05, 0) is 41.7 Å². The van der Waals surface area contributed by atoms with Crippen LogP contribution in [0.2, 0.25) is 0 Å². The maximum atomic E-state index is 12.4. The Morgan fingerprint density at radius 2 is 1.88 bits per heavy atom. The fraction of sp³-hybridized carbons (Fsp3) is 0.368. The topological polar surface area (TPSA) is 58.2 Å². The lowest BCUT2D eigenvalue weighted by Gasteiger charge is -2.21. The van der Waals surface area contributed by atoms with Crippen LogP contribution in [0.5, 0.6) is 0 Å². The predicted molar refractivity (Wildman–Crippen MR) is 105 cm³/mol. The molecule has 2 N–H and O–H groups in total. The number of hydrogen-bond acceptors (Lipinski definition) is 4. The van der Waals surface area contributed by atoms with Gasteiger partial charge in [-0.25, -0.2) is 0 Å². The summed E-state index contributed by atoms with van der Waals surface area (Å²) in [6, 6.07) is 13.3. The first kappa shape index (κ1) is 19.5. The van der Waals surface area contributed by atoms with Gasteiger partial charge in [-0.15, -0.1) is 23.1 Å². The summed E-state index contributed by atoms with van der Waals surface area (Å²) in [4.78, 5) is 26.4. The van der Waals surface area contributed by atoms with E-state index in [1.54, 1.807) is 17.8 Å². The van der Waals surface area contributed by atoms with Crippen molar-refractivity contribution in [3.8, 4) is 0 Å². The molecule has 2 aromatic rings. The fourth-order valence-corrected chi connectivity index (χ4v) is 3.76. The van der Waals surface area contributed by atoms with Crippen LogP contribution in [0.1, 0.15) is 29.9 Å². The number of hydrogen-bond donors (Lipinski definition) is 2. The van der Waals surface area contributed by atoms with E-state index in [1.165, 1.54) is 16.2 Å². The first-order chi connectivity index (χ1) is 12.1. The minimum Gasteiger partial charge on any atom is -0.354 e. The molecule has 0 radical (unpaired) electrons. The molecule has 1 unspecified atom stereocenters. The molecule has 0 aliphatic carbocycles. The third-order valence-corrected chi connectivity index (χ3v) is 5.58. The van der Waals surface area contributed by atoms with E-state index in [2.05, 4.69) is 22.8 Å². The van der Waals surface area contributed by atoms with Gasteiger partial charge in [0.05, 0.1) is 4.88 Å². The zero-order chi connectivity index (χ0) is 18.1. The summed E-state index contributed by atoms with van der Waals surface area (Å²) < 4.78 is 0. The van der Waals surface area contributed by atoms with Gasteiger partial charge in [0.25, 0.3) is 5.91 Å². The van der Waals surface area contributed by atoms with Gasteiger partial charge in [0.1, 0.15) is 6.04 Å². The Balaban J connectivity index is 1.73. The van der Waals surface area contributed by atoms with Crippen molar-refractivity contribution >= 4 is 34.9 Å². The van der Waals surface area contributed by atoms with Crippen LogP contribution in [-0.2, 0) is 4.79 Å². The molecule has 1 atom stereocenters. The van der Waals surface area contributed by atoms with Crippen molar-refractivity contribution in [3.63, 3.8) is 0 Å². The Kier molecular flexibility index (Phi) is 8.01. The van der Waals surface area contributed by atoms with Gasteiger partial charge in [-0.2, -0.15) is 0 Å². The lowest BCUT2D eigenvalue weighted by molar-refractivity contribution is -0.123. The highest BCUT2D eigenvalue weighted by Crippen LogP contribution is 2.17.